The Morgan fingerprint density at radius 2 is 2.00 bits per heavy atom. The van der Waals surface area contributed by atoms with E-state index in [1.54, 1.807) is 24.3 Å². The first-order valence-electron chi connectivity index (χ1n) is 7.02. The van der Waals surface area contributed by atoms with Crippen molar-refractivity contribution in [3.05, 3.63) is 62.0 Å². The number of halogens is 1. The first kappa shape index (κ1) is 18.2. The van der Waals surface area contributed by atoms with E-state index < -0.39 is 28.0 Å². The van der Waals surface area contributed by atoms with Gasteiger partial charge in [0.05, 0.1) is 15.5 Å². The molecule has 2 N–H and O–H groups in total. The summed E-state index contributed by atoms with van der Waals surface area (Å²) in [6.07, 6.45) is 1.36. The number of anilines is 1. The molecular formula is C16H9ClN2O5S2. The third-order valence-electron chi connectivity index (χ3n) is 3.45. The molecule has 0 aromatic heterocycles. The van der Waals surface area contributed by atoms with Crippen LogP contribution in [0.25, 0.3) is 6.08 Å². The normalized spacial score (nSPS) is 15.7. The van der Waals surface area contributed by atoms with E-state index in [9.17, 15) is 25.1 Å². The maximum Gasteiger partial charge on any atom is 0.315 e. The Hall–Kier alpha value is -2.62. The van der Waals surface area contributed by atoms with E-state index in [0.29, 0.717) is 10.7 Å². The van der Waals surface area contributed by atoms with Crippen LogP contribution in [0.15, 0.2) is 41.3 Å². The first-order valence-corrected chi connectivity index (χ1v) is 8.62. The minimum atomic E-state index is -0.835. The Balaban J connectivity index is 2.00. The summed E-state index contributed by atoms with van der Waals surface area (Å²) in [6.45, 7) is 0. The molecule has 2 aromatic rings. The van der Waals surface area contributed by atoms with Crippen molar-refractivity contribution in [3.8, 4) is 11.5 Å². The second-order valence-electron chi connectivity index (χ2n) is 5.16. The van der Waals surface area contributed by atoms with Crippen molar-refractivity contribution in [2.75, 3.05) is 4.90 Å². The van der Waals surface area contributed by atoms with E-state index in [4.69, 9.17) is 23.8 Å². The summed E-state index contributed by atoms with van der Waals surface area (Å²) in [4.78, 5) is 24.3. The SMILES string of the molecule is O=C1/C(=C/c2cc(O)c(O)c([N+](=O)[O-])c2)SC(=S)N1c1cccc(Cl)c1. The molecule has 1 fully saturated rings. The average Bonchev–Trinajstić information content (AvgIpc) is 2.84. The smallest absolute Gasteiger partial charge is 0.315 e. The van der Waals surface area contributed by atoms with Crippen molar-refractivity contribution in [2.24, 2.45) is 0 Å². The third-order valence-corrected chi connectivity index (χ3v) is 4.98. The summed E-state index contributed by atoms with van der Waals surface area (Å²) >= 11 is 12.2. The molecule has 0 atom stereocenters. The summed E-state index contributed by atoms with van der Waals surface area (Å²) in [6, 6.07) is 8.79. The number of nitro benzene ring substituents is 1. The third kappa shape index (κ3) is 3.36. The molecule has 0 aliphatic carbocycles. The molecular weight excluding hydrogens is 400 g/mol. The van der Waals surface area contributed by atoms with Gasteiger partial charge in [0.15, 0.2) is 10.1 Å². The molecule has 0 saturated carbocycles. The Labute approximate surface area is 161 Å². The molecule has 1 aliphatic rings. The van der Waals surface area contributed by atoms with Crippen LogP contribution >= 0.6 is 35.6 Å². The zero-order chi connectivity index (χ0) is 19.0. The minimum absolute atomic E-state index is 0.179. The first-order chi connectivity index (χ1) is 12.3. The quantitative estimate of drug-likeness (QED) is 0.259. The van der Waals surface area contributed by atoms with Gasteiger partial charge < -0.3 is 10.2 Å². The molecule has 3 rings (SSSR count). The van der Waals surface area contributed by atoms with Gasteiger partial charge in [-0.25, -0.2) is 0 Å². The fourth-order valence-corrected chi connectivity index (χ4v) is 3.79. The van der Waals surface area contributed by atoms with Crippen LogP contribution in [0.3, 0.4) is 0 Å². The number of aromatic hydroxyl groups is 2. The van der Waals surface area contributed by atoms with E-state index in [1.165, 1.54) is 11.0 Å². The molecule has 132 valence electrons. The molecule has 26 heavy (non-hydrogen) atoms. The lowest BCUT2D eigenvalue weighted by Gasteiger charge is -2.14. The number of carbonyl (C=O) groups excluding carboxylic acids is 1. The zero-order valence-electron chi connectivity index (χ0n) is 12.7. The highest BCUT2D eigenvalue weighted by atomic mass is 35.5. The maximum absolute atomic E-state index is 12.7. The lowest BCUT2D eigenvalue weighted by atomic mass is 10.1. The van der Waals surface area contributed by atoms with Gasteiger partial charge in [0.1, 0.15) is 0 Å². The van der Waals surface area contributed by atoms with E-state index in [2.05, 4.69) is 0 Å². The van der Waals surface area contributed by atoms with Crippen LogP contribution in [0.1, 0.15) is 5.56 Å². The summed E-state index contributed by atoms with van der Waals surface area (Å²) in [5.41, 5.74) is 0.0168. The number of nitro groups is 1. The van der Waals surface area contributed by atoms with Crippen molar-refractivity contribution >= 4 is 63.3 Å². The maximum atomic E-state index is 12.7. The molecule has 0 bridgehead atoms. The highest BCUT2D eigenvalue weighted by molar-refractivity contribution is 8.27. The van der Waals surface area contributed by atoms with E-state index in [1.807, 2.05) is 0 Å². The molecule has 1 aliphatic heterocycles. The number of thiocarbonyl (C=S) groups is 1. The number of rotatable bonds is 3. The van der Waals surface area contributed by atoms with Crippen LogP contribution in [0, 0.1) is 10.1 Å². The highest BCUT2D eigenvalue weighted by Crippen LogP contribution is 2.40. The van der Waals surface area contributed by atoms with Gasteiger partial charge in [-0.05, 0) is 35.9 Å². The van der Waals surface area contributed by atoms with Crippen molar-refractivity contribution in [3.63, 3.8) is 0 Å². The predicted molar refractivity (Wildman–Crippen MR) is 104 cm³/mol. The van der Waals surface area contributed by atoms with Crippen molar-refractivity contribution in [1.82, 2.24) is 0 Å². The van der Waals surface area contributed by atoms with Gasteiger partial charge in [-0.15, -0.1) is 0 Å². The van der Waals surface area contributed by atoms with Gasteiger partial charge in [0.25, 0.3) is 5.91 Å². The Bertz CT molecular complexity index is 993. The van der Waals surface area contributed by atoms with Crippen molar-refractivity contribution < 1.29 is 19.9 Å². The highest BCUT2D eigenvalue weighted by Gasteiger charge is 2.33. The van der Waals surface area contributed by atoms with Crippen LogP contribution in [-0.4, -0.2) is 25.4 Å². The molecule has 10 heteroatoms. The molecule has 1 heterocycles. The second kappa shape index (κ2) is 6.94. The number of nitrogens with zero attached hydrogens (tertiary/aromatic N) is 2. The van der Waals surface area contributed by atoms with Crippen LogP contribution in [0.4, 0.5) is 11.4 Å². The van der Waals surface area contributed by atoms with Crippen LogP contribution < -0.4 is 4.90 Å². The number of carbonyl (C=O) groups is 1. The van der Waals surface area contributed by atoms with Gasteiger partial charge in [-0.2, -0.15) is 0 Å². The average molecular weight is 409 g/mol. The largest absolute Gasteiger partial charge is 0.504 e. The summed E-state index contributed by atoms with van der Waals surface area (Å²) in [7, 11) is 0. The molecule has 1 amide bonds. The second-order valence-corrected chi connectivity index (χ2v) is 7.27. The Morgan fingerprint density at radius 1 is 1.27 bits per heavy atom. The number of phenolic OH excluding ortho intramolecular Hbond substituents is 2. The van der Waals surface area contributed by atoms with Gasteiger partial charge in [0, 0.05) is 11.1 Å². The minimum Gasteiger partial charge on any atom is -0.504 e. The fourth-order valence-electron chi connectivity index (χ4n) is 2.30. The standard InChI is InChI=1S/C16H9ClN2O5S2/c17-9-2-1-3-10(7-9)18-15(22)13(26-16(18)25)6-8-4-11(19(23)24)14(21)12(20)5-8/h1-7,20-21H/b13-6-. The van der Waals surface area contributed by atoms with Crippen LogP contribution in [0.2, 0.25) is 5.02 Å². The number of amides is 1. The lowest BCUT2D eigenvalue weighted by molar-refractivity contribution is -0.386. The summed E-state index contributed by atoms with van der Waals surface area (Å²) < 4.78 is 0.279. The van der Waals surface area contributed by atoms with Gasteiger partial charge in [-0.3, -0.25) is 19.8 Å². The molecule has 2 aromatic carbocycles. The Morgan fingerprint density at radius 3 is 2.65 bits per heavy atom. The van der Waals surface area contributed by atoms with E-state index in [-0.39, 0.29) is 14.8 Å². The van der Waals surface area contributed by atoms with E-state index in [0.717, 1.165) is 23.9 Å². The van der Waals surface area contributed by atoms with Crippen molar-refractivity contribution in [1.29, 1.82) is 0 Å². The molecule has 1 saturated heterocycles. The number of hydrogen-bond acceptors (Lipinski definition) is 7. The van der Waals surface area contributed by atoms with Crippen LogP contribution in [-0.2, 0) is 4.79 Å². The molecule has 0 spiro atoms. The fraction of sp³-hybridized carbons (Fsp3) is 0. The van der Waals surface area contributed by atoms with Gasteiger partial charge in [0.2, 0.25) is 5.75 Å². The van der Waals surface area contributed by atoms with Gasteiger partial charge >= 0.3 is 5.69 Å². The topological polar surface area (TPSA) is 104 Å². The molecule has 0 unspecified atom stereocenters. The summed E-state index contributed by atoms with van der Waals surface area (Å²) in [5, 5.41) is 30.6. The number of phenols is 2. The molecule has 7 nitrogen and oxygen atoms in total. The lowest BCUT2D eigenvalue weighted by Crippen LogP contribution is -2.27. The van der Waals surface area contributed by atoms with E-state index >= 15 is 0 Å². The Kier molecular flexibility index (Phi) is 4.86. The summed E-state index contributed by atoms with van der Waals surface area (Å²) in [5.74, 6) is -1.91. The van der Waals surface area contributed by atoms with Gasteiger partial charge in [-0.1, -0.05) is 41.6 Å². The van der Waals surface area contributed by atoms with Crippen LogP contribution in [0.5, 0.6) is 11.5 Å². The number of hydrogen-bond donors (Lipinski definition) is 2. The number of thioether (sulfide) groups is 1. The number of benzene rings is 2. The molecule has 0 radical (unpaired) electrons. The predicted octanol–water partition coefficient (Wildman–Crippen LogP) is 4.07. The zero-order valence-corrected chi connectivity index (χ0v) is 15.1. The monoisotopic (exact) mass is 408 g/mol. The van der Waals surface area contributed by atoms with Crippen molar-refractivity contribution in [2.45, 2.75) is 0 Å².